The first-order valence-corrected chi connectivity index (χ1v) is 8.11. The first-order valence-electron chi connectivity index (χ1n) is 8.11. The SMILES string of the molecule is CCc1ccc(OCCCC(C(=O)O)c2ccc(C)cc2)cc1. The third-order valence-corrected chi connectivity index (χ3v) is 4.02. The maximum atomic E-state index is 11.5. The third-order valence-electron chi connectivity index (χ3n) is 4.02. The molecule has 3 heteroatoms. The summed E-state index contributed by atoms with van der Waals surface area (Å²) in [5.74, 6) is -0.410. The zero-order chi connectivity index (χ0) is 16.7. The van der Waals surface area contributed by atoms with Gasteiger partial charge in [0.05, 0.1) is 12.5 Å². The molecule has 2 aromatic rings. The Hall–Kier alpha value is -2.29. The van der Waals surface area contributed by atoms with Crippen LogP contribution in [0.2, 0.25) is 0 Å². The van der Waals surface area contributed by atoms with Crippen LogP contribution in [0.1, 0.15) is 42.4 Å². The molecule has 122 valence electrons. The predicted octanol–water partition coefficient (Wildman–Crippen LogP) is 4.58. The van der Waals surface area contributed by atoms with E-state index >= 15 is 0 Å². The van der Waals surface area contributed by atoms with Crippen molar-refractivity contribution in [3.05, 3.63) is 65.2 Å². The average molecular weight is 312 g/mol. The van der Waals surface area contributed by atoms with E-state index in [1.165, 1.54) is 5.56 Å². The van der Waals surface area contributed by atoms with Crippen LogP contribution in [0.15, 0.2) is 48.5 Å². The van der Waals surface area contributed by atoms with Gasteiger partial charge >= 0.3 is 5.97 Å². The van der Waals surface area contributed by atoms with Gasteiger partial charge in [-0.15, -0.1) is 0 Å². The van der Waals surface area contributed by atoms with E-state index in [0.29, 0.717) is 19.4 Å². The van der Waals surface area contributed by atoms with E-state index in [2.05, 4.69) is 19.1 Å². The lowest BCUT2D eigenvalue weighted by Crippen LogP contribution is -2.13. The molecule has 2 aromatic carbocycles. The fraction of sp³-hybridized carbons (Fsp3) is 0.350. The highest BCUT2D eigenvalue weighted by molar-refractivity contribution is 5.76. The van der Waals surface area contributed by atoms with Gasteiger partial charge in [-0.25, -0.2) is 0 Å². The summed E-state index contributed by atoms with van der Waals surface area (Å²) in [6, 6.07) is 15.8. The minimum atomic E-state index is -0.777. The van der Waals surface area contributed by atoms with Crippen molar-refractivity contribution < 1.29 is 14.6 Å². The van der Waals surface area contributed by atoms with E-state index in [4.69, 9.17) is 4.74 Å². The number of aliphatic carboxylic acids is 1. The first-order chi connectivity index (χ1) is 11.1. The molecule has 0 radical (unpaired) electrons. The van der Waals surface area contributed by atoms with Crippen LogP contribution in [0, 0.1) is 6.92 Å². The van der Waals surface area contributed by atoms with E-state index in [1.807, 2.05) is 43.3 Å². The van der Waals surface area contributed by atoms with Crippen molar-refractivity contribution in [3.63, 3.8) is 0 Å². The van der Waals surface area contributed by atoms with Crippen molar-refractivity contribution in [2.45, 2.75) is 39.0 Å². The number of benzene rings is 2. The van der Waals surface area contributed by atoms with Gasteiger partial charge in [-0.05, 0) is 49.4 Å². The quantitative estimate of drug-likeness (QED) is 0.725. The molecule has 0 aliphatic carbocycles. The van der Waals surface area contributed by atoms with Gasteiger partial charge in [0.2, 0.25) is 0 Å². The van der Waals surface area contributed by atoms with Crippen LogP contribution in [0.5, 0.6) is 5.75 Å². The van der Waals surface area contributed by atoms with E-state index in [9.17, 15) is 9.90 Å². The van der Waals surface area contributed by atoms with Crippen molar-refractivity contribution in [2.24, 2.45) is 0 Å². The number of ether oxygens (including phenoxy) is 1. The summed E-state index contributed by atoms with van der Waals surface area (Å²) in [7, 11) is 0. The van der Waals surface area contributed by atoms with Crippen LogP contribution in [0.3, 0.4) is 0 Å². The zero-order valence-electron chi connectivity index (χ0n) is 13.8. The lowest BCUT2D eigenvalue weighted by molar-refractivity contribution is -0.139. The fourth-order valence-corrected chi connectivity index (χ4v) is 2.53. The Morgan fingerprint density at radius 1 is 1.09 bits per heavy atom. The van der Waals surface area contributed by atoms with E-state index in [1.54, 1.807) is 0 Å². The Balaban J connectivity index is 1.84. The predicted molar refractivity (Wildman–Crippen MR) is 92.1 cm³/mol. The Morgan fingerprint density at radius 2 is 1.74 bits per heavy atom. The van der Waals surface area contributed by atoms with E-state index in [0.717, 1.165) is 23.3 Å². The molecular weight excluding hydrogens is 288 g/mol. The van der Waals surface area contributed by atoms with Crippen molar-refractivity contribution >= 4 is 5.97 Å². The maximum Gasteiger partial charge on any atom is 0.310 e. The minimum absolute atomic E-state index is 0.471. The summed E-state index contributed by atoms with van der Waals surface area (Å²) in [6.07, 6.45) is 2.29. The topological polar surface area (TPSA) is 46.5 Å². The molecule has 0 aromatic heterocycles. The minimum Gasteiger partial charge on any atom is -0.494 e. The van der Waals surface area contributed by atoms with Crippen molar-refractivity contribution in [2.75, 3.05) is 6.61 Å². The summed E-state index contributed by atoms with van der Waals surface area (Å²) < 4.78 is 5.70. The summed E-state index contributed by atoms with van der Waals surface area (Å²) >= 11 is 0. The Labute approximate surface area is 137 Å². The average Bonchev–Trinajstić information content (AvgIpc) is 2.56. The fourth-order valence-electron chi connectivity index (χ4n) is 2.53. The molecule has 0 aliphatic heterocycles. The molecule has 23 heavy (non-hydrogen) atoms. The lowest BCUT2D eigenvalue weighted by Gasteiger charge is -2.13. The molecule has 0 saturated carbocycles. The number of carbonyl (C=O) groups is 1. The van der Waals surface area contributed by atoms with Crippen LogP contribution in [-0.2, 0) is 11.2 Å². The molecule has 2 rings (SSSR count). The molecule has 1 N–H and O–H groups in total. The number of carboxylic acids is 1. The van der Waals surface area contributed by atoms with Gasteiger partial charge in [0.1, 0.15) is 5.75 Å². The smallest absolute Gasteiger partial charge is 0.310 e. The lowest BCUT2D eigenvalue weighted by atomic mass is 9.94. The van der Waals surface area contributed by atoms with Gasteiger partial charge in [-0.2, -0.15) is 0 Å². The van der Waals surface area contributed by atoms with Crippen LogP contribution < -0.4 is 4.74 Å². The van der Waals surface area contributed by atoms with Crippen LogP contribution in [-0.4, -0.2) is 17.7 Å². The van der Waals surface area contributed by atoms with Gasteiger partial charge in [0.15, 0.2) is 0 Å². The highest BCUT2D eigenvalue weighted by Crippen LogP contribution is 2.22. The van der Waals surface area contributed by atoms with Crippen molar-refractivity contribution in [1.82, 2.24) is 0 Å². The monoisotopic (exact) mass is 312 g/mol. The molecule has 1 unspecified atom stereocenters. The molecule has 0 amide bonds. The number of aryl methyl sites for hydroxylation is 2. The van der Waals surface area contributed by atoms with E-state index < -0.39 is 11.9 Å². The molecule has 0 spiro atoms. The molecule has 0 saturated heterocycles. The van der Waals surface area contributed by atoms with Gasteiger partial charge in [0, 0.05) is 0 Å². The molecular formula is C20H24O3. The Morgan fingerprint density at radius 3 is 2.30 bits per heavy atom. The molecule has 1 atom stereocenters. The summed E-state index contributed by atoms with van der Waals surface area (Å²) in [5, 5.41) is 9.43. The number of rotatable bonds is 8. The Kier molecular flexibility index (Phi) is 6.21. The normalized spacial score (nSPS) is 11.9. The van der Waals surface area contributed by atoms with Crippen molar-refractivity contribution in [1.29, 1.82) is 0 Å². The second-order valence-corrected chi connectivity index (χ2v) is 5.79. The largest absolute Gasteiger partial charge is 0.494 e. The summed E-state index contributed by atoms with van der Waals surface area (Å²) in [4.78, 5) is 11.5. The van der Waals surface area contributed by atoms with Crippen LogP contribution >= 0.6 is 0 Å². The number of carboxylic acid groups (broad SMARTS) is 1. The number of hydrogen-bond donors (Lipinski definition) is 1. The Bertz CT molecular complexity index is 614. The molecule has 0 bridgehead atoms. The second kappa shape index (κ2) is 8.37. The highest BCUT2D eigenvalue weighted by atomic mass is 16.5. The summed E-state index contributed by atoms with van der Waals surface area (Å²) in [6.45, 7) is 4.64. The van der Waals surface area contributed by atoms with E-state index in [-0.39, 0.29) is 0 Å². The van der Waals surface area contributed by atoms with Crippen molar-refractivity contribution in [3.8, 4) is 5.75 Å². The third kappa shape index (κ3) is 5.13. The first kappa shape index (κ1) is 17.1. The summed E-state index contributed by atoms with van der Waals surface area (Å²) in [5.41, 5.74) is 3.27. The molecule has 3 nitrogen and oxygen atoms in total. The standard InChI is InChI=1S/C20H24O3/c1-3-16-8-12-18(13-9-16)23-14-4-5-19(20(21)22)17-10-6-15(2)7-11-17/h6-13,19H,3-5,14H2,1-2H3,(H,21,22). The molecule has 0 heterocycles. The van der Waals surface area contributed by atoms with Gasteiger partial charge in [0.25, 0.3) is 0 Å². The van der Waals surface area contributed by atoms with Gasteiger partial charge in [-0.3, -0.25) is 4.79 Å². The van der Waals surface area contributed by atoms with Gasteiger partial charge in [-0.1, -0.05) is 48.9 Å². The zero-order valence-corrected chi connectivity index (χ0v) is 13.8. The molecule has 0 fully saturated rings. The number of hydrogen-bond acceptors (Lipinski definition) is 2. The molecule has 0 aliphatic rings. The van der Waals surface area contributed by atoms with Crippen LogP contribution in [0.25, 0.3) is 0 Å². The highest BCUT2D eigenvalue weighted by Gasteiger charge is 2.19. The second-order valence-electron chi connectivity index (χ2n) is 5.79. The van der Waals surface area contributed by atoms with Crippen LogP contribution in [0.4, 0.5) is 0 Å². The maximum absolute atomic E-state index is 11.5. The van der Waals surface area contributed by atoms with Gasteiger partial charge < -0.3 is 9.84 Å².